The molecule has 0 amide bonds. The standard InChI is InChI=1S/C12H11O2P.C7H6O2.C6H14O2/c1-3-7-11(8-4-1)13-15-14-12-9-5-2-6-10-12;8-7(9)6-4-2-1-3-5-6;1-4(5(2)7)6(3)8/h1-10,15H;1-5H,(H,8,9);4-8H,1-3H3. The van der Waals surface area contributed by atoms with Gasteiger partial charge in [0.05, 0.1) is 17.8 Å². The number of aliphatic hydroxyl groups is 2. The highest BCUT2D eigenvalue weighted by molar-refractivity contribution is 7.27. The number of para-hydroxylation sites is 2. The zero-order valence-electron chi connectivity index (χ0n) is 18.5. The van der Waals surface area contributed by atoms with Crippen LogP contribution >= 0.6 is 9.03 Å². The largest absolute Gasteiger partial charge is 0.478 e. The molecule has 3 N–H and O–H groups in total. The summed E-state index contributed by atoms with van der Waals surface area (Å²) < 4.78 is 10.8. The minimum atomic E-state index is -0.879. The van der Waals surface area contributed by atoms with Crippen LogP contribution in [0.4, 0.5) is 0 Å². The van der Waals surface area contributed by atoms with Gasteiger partial charge in [-0.15, -0.1) is 0 Å². The van der Waals surface area contributed by atoms with Crippen LogP contribution in [0.15, 0.2) is 91.0 Å². The molecule has 0 fully saturated rings. The zero-order chi connectivity index (χ0) is 23.8. The van der Waals surface area contributed by atoms with Gasteiger partial charge in [0.1, 0.15) is 11.5 Å². The lowest BCUT2D eigenvalue weighted by atomic mass is 10.0. The van der Waals surface area contributed by atoms with E-state index in [2.05, 4.69) is 0 Å². The average Bonchev–Trinajstić information content (AvgIpc) is 2.81. The van der Waals surface area contributed by atoms with Crippen molar-refractivity contribution in [1.29, 1.82) is 0 Å². The van der Waals surface area contributed by atoms with Crippen molar-refractivity contribution >= 4 is 15.0 Å². The molecule has 0 heterocycles. The van der Waals surface area contributed by atoms with Crippen molar-refractivity contribution in [2.24, 2.45) is 5.92 Å². The maximum Gasteiger partial charge on any atom is 0.335 e. The molecule has 32 heavy (non-hydrogen) atoms. The second-order valence-corrected chi connectivity index (χ2v) is 7.50. The summed E-state index contributed by atoms with van der Waals surface area (Å²) in [4.78, 5) is 10.2. The quantitative estimate of drug-likeness (QED) is 0.409. The zero-order valence-corrected chi connectivity index (χ0v) is 19.5. The number of rotatable bonds is 7. The first-order chi connectivity index (χ1) is 15.3. The molecule has 3 aromatic rings. The molecular weight excluding hydrogens is 427 g/mol. The first-order valence-electron chi connectivity index (χ1n) is 10.1. The van der Waals surface area contributed by atoms with Crippen molar-refractivity contribution in [3.8, 4) is 11.5 Å². The lowest BCUT2D eigenvalue weighted by Gasteiger charge is -2.16. The minimum absolute atomic E-state index is 0.0129. The summed E-state index contributed by atoms with van der Waals surface area (Å²) in [6.45, 7) is 5.17. The number of hydrogen-bond acceptors (Lipinski definition) is 5. The van der Waals surface area contributed by atoms with Gasteiger partial charge in [0, 0.05) is 5.92 Å². The molecule has 7 heteroatoms. The van der Waals surface area contributed by atoms with Crippen LogP contribution in [-0.2, 0) is 0 Å². The van der Waals surface area contributed by atoms with Gasteiger partial charge in [-0.3, -0.25) is 0 Å². The molecule has 2 unspecified atom stereocenters. The van der Waals surface area contributed by atoms with Crippen LogP contribution in [0.3, 0.4) is 0 Å². The predicted molar refractivity (Wildman–Crippen MR) is 128 cm³/mol. The van der Waals surface area contributed by atoms with Crippen LogP contribution in [0, 0.1) is 5.92 Å². The monoisotopic (exact) mass is 458 g/mol. The van der Waals surface area contributed by atoms with Crippen LogP contribution in [0.25, 0.3) is 0 Å². The van der Waals surface area contributed by atoms with E-state index in [9.17, 15) is 4.79 Å². The number of hydrogen-bond donors (Lipinski definition) is 3. The van der Waals surface area contributed by atoms with Gasteiger partial charge in [-0.2, -0.15) is 0 Å². The molecule has 0 aliphatic rings. The summed E-state index contributed by atoms with van der Waals surface area (Å²) in [6, 6.07) is 27.5. The molecule has 0 saturated carbocycles. The van der Waals surface area contributed by atoms with Crippen molar-refractivity contribution in [3.05, 3.63) is 96.6 Å². The molecule has 0 aliphatic heterocycles. The predicted octanol–water partition coefficient (Wildman–Crippen LogP) is 5.42. The smallest absolute Gasteiger partial charge is 0.335 e. The lowest BCUT2D eigenvalue weighted by Crippen LogP contribution is -2.24. The van der Waals surface area contributed by atoms with Gasteiger partial charge in [-0.25, -0.2) is 4.79 Å². The number of carboxylic acid groups (broad SMARTS) is 1. The van der Waals surface area contributed by atoms with Gasteiger partial charge in [0.2, 0.25) is 0 Å². The van der Waals surface area contributed by atoms with Crippen molar-refractivity contribution in [2.75, 3.05) is 0 Å². The fourth-order valence-corrected chi connectivity index (χ4v) is 2.58. The molecular formula is C25H31O6P. The number of aliphatic hydroxyl groups excluding tert-OH is 2. The molecule has 0 bridgehead atoms. The molecule has 0 saturated heterocycles. The summed E-state index contributed by atoms with van der Waals surface area (Å²) >= 11 is 0. The third-order valence-corrected chi connectivity index (χ3v) is 4.99. The van der Waals surface area contributed by atoms with Gasteiger partial charge >= 0.3 is 5.97 Å². The van der Waals surface area contributed by atoms with Gasteiger partial charge in [0.15, 0.2) is 0 Å². The van der Waals surface area contributed by atoms with Crippen LogP contribution in [0.1, 0.15) is 31.1 Å². The van der Waals surface area contributed by atoms with Crippen molar-refractivity contribution in [2.45, 2.75) is 33.0 Å². The Kier molecular flexibility index (Phi) is 13.4. The van der Waals surface area contributed by atoms with E-state index in [-0.39, 0.29) is 15.0 Å². The summed E-state index contributed by atoms with van der Waals surface area (Å²) in [7, 11) is -0.0129. The average molecular weight is 458 g/mol. The molecule has 3 aromatic carbocycles. The molecule has 172 valence electrons. The molecule has 0 aromatic heterocycles. The van der Waals surface area contributed by atoms with Crippen LogP contribution in [0.2, 0.25) is 0 Å². The first kappa shape index (κ1) is 27.1. The fourth-order valence-electron chi connectivity index (χ4n) is 2.08. The summed E-state index contributed by atoms with van der Waals surface area (Å²) in [5.41, 5.74) is 0.331. The third-order valence-electron chi connectivity index (χ3n) is 4.35. The Morgan fingerprint density at radius 3 is 1.28 bits per heavy atom. The highest BCUT2D eigenvalue weighted by atomic mass is 31.1. The second kappa shape index (κ2) is 15.8. The van der Waals surface area contributed by atoms with Crippen molar-refractivity contribution < 1.29 is 29.2 Å². The highest BCUT2D eigenvalue weighted by Crippen LogP contribution is 2.23. The number of aromatic carboxylic acids is 1. The van der Waals surface area contributed by atoms with E-state index in [1.54, 1.807) is 44.2 Å². The van der Waals surface area contributed by atoms with Crippen molar-refractivity contribution in [1.82, 2.24) is 0 Å². The van der Waals surface area contributed by atoms with Gasteiger partial charge in [0.25, 0.3) is 9.03 Å². The van der Waals surface area contributed by atoms with E-state index in [1.807, 2.05) is 67.6 Å². The van der Waals surface area contributed by atoms with Crippen LogP contribution in [-0.4, -0.2) is 33.5 Å². The molecule has 6 nitrogen and oxygen atoms in total. The van der Waals surface area contributed by atoms with E-state index in [0.29, 0.717) is 5.56 Å². The number of carbonyl (C=O) groups is 1. The normalized spacial score (nSPS) is 12.5. The first-order valence-corrected chi connectivity index (χ1v) is 11.0. The van der Waals surface area contributed by atoms with Gasteiger partial charge < -0.3 is 24.4 Å². The number of carboxylic acids is 1. The Hall–Kier alpha value is -2.92. The van der Waals surface area contributed by atoms with E-state index in [4.69, 9.17) is 24.4 Å². The minimum Gasteiger partial charge on any atom is -0.478 e. The Labute approximate surface area is 191 Å². The maximum absolute atomic E-state index is 10.2. The Morgan fingerprint density at radius 2 is 1.03 bits per heavy atom. The summed E-state index contributed by atoms with van der Waals surface area (Å²) in [5.74, 6) is 0.754. The Morgan fingerprint density at radius 1 is 0.688 bits per heavy atom. The fraction of sp³-hybridized carbons (Fsp3) is 0.240. The Bertz CT molecular complexity index is 810. The molecule has 2 atom stereocenters. The SMILES string of the molecule is CC(O)C(C)C(C)O.O=C(O)c1ccccc1.c1ccc(OPOc2ccccc2)cc1. The summed E-state index contributed by atoms with van der Waals surface area (Å²) in [5, 5.41) is 26.0. The van der Waals surface area contributed by atoms with Crippen LogP contribution < -0.4 is 9.05 Å². The number of benzene rings is 3. The molecule has 0 aliphatic carbocycles. The van der Waals surface area contributed by atoms with Gasteiger partial charge in [-0.1, -0.05) is 61.5 Å². The second-order valence-electron chi connectivity index (χ2n) is 6.93. The topological polar surface area (TPSA) is 96.2 Å². The molecule has 3 rings (SSSR count). The molecule has 0 spiro atoms. The summed E-state index contributed by atoms with van der Waals surface area (Å²) in [6.07, 6.45) is -0.815. The maximum atomic E-state index is 10.2. The van der Waals surface area contributed by atoms with Crippen molar-refractivity contribution in [3.63, 3.8) is 0 Å². The van der Waals surface area contributed by atoms with E-state index < -0.39 is 18.2 Å². The Balaban J connectivity index is 0.000000260. The third kappa shape index (κ3) is 12.1. The molecule has 0 radical (unpaired) electrons. The van der Waals surface area contributed by atoms with E-state index in [0.717, 1.165) is 11.5 Å². The van der Waals surface area contributed by atoms with Gasteiger partial charge in [-0.05, 0) is 50.2 Å². The van der Waals surface area contributed by atoms with E-state index in [1.165, 1.54) is 0 Å². The lowest BCUT2D eigenvalue weighted by molar-refractivity contribution is 0.0420. The van der Waals surface area contributed by atoms with E-state index >= 15 is 0 Å². The van der Waals surface area contributed by atoms with Crippen LogP contribution in [0.5, 0.6) is 11.5 Å². The highest BCUT2D eigenvalue weighted by Gasteiger charge is 2.13.